The molecule has 50 heavy (non-hydrogen) atoms. The van der Waals surface area contributed by atoms with E-state index in [0.717, 1.165) is 15.5 Å². The van der Waals surface area contributed by atoms with Crippen molar-refractivity contribution >= 4 is 40.7 Å². The monoisotopic (exact) mass is 668 g/mol. The number of nitro benzene ring substituents is 1. The maximum atomic E-state index is 15.1. The lowest BCUT2D eigenvalue weighted by molar-refractivity contribution is -0.384. The Hall–Kier alpha value is -6.10. The van der Waals surface area contributed by atoms with Crippen LogP contribution in [0.1, 0.15) is 35.4 Å². The van der Waals surface area contributed by atoms with Gasteiger partial charge in [-0.15, -0.1) is 0 Å². The Kier molecular flexibility index (Phi) is 7.18. The van der Waals surface area contributed by atoms with E-state index in [0.29, 0.717) is 22.4 Å². The molecule has 2 heterocycles. The summed E-state index contributed by atoms with van der Waals surface area (Å²) in [6.45, 7) is 1.93. The standard InChI is InChI=1S/C39H32N4O7/c1-22-14-16-24(17-15-22)40-42-36(46)31-21-30-27(18-19-29-33(30)37(47)41(35(29)45)25-10-7-11-26(20-25)43(49)50)34(28-12-5-6-13-32(28)44)39(31,38(42)48)23-8-3-2-4-9-23/h2-18,20,29-31,33-34,40,44H,19,21H2,1H3. The maximum absolute atomic E-state index is 15.1. The first-order valence-electron chi connectivity index (χ1n) is 16.5. The minimum atomic E-state index is -1.50. The normalized spacial score (nSPS) is 27.1. The molecule has 4 aromatic rings. The van der Waals surface area contributed by atoms with Crippen molar-refractivity contribution in [1.29, 1.82) is 0 Å². The van der Waals surface area contributed by atoms with Crippen LogP contribution in [-0.4, -0.2) is 38.7 Å². The number of hydrogen-bond acceptors (Lipinski definition) is 8. The van der Waals surface area contributed by atoms with Gasteiger partial charge in [0, 0.05) is 23.6 Å². The molecule has 4 amide bonds. The first-order valence-corrected chi connectivity index (χ1v) is 16.5. The molecule has 8 rings (SSSR count). The van der Waals surface area contributed by atoms with E-state index in [9.17, 15) is 29.6 Å². The number of para-hydroxylation sites is 1. The van der Waals surface area contributed by atoms with Gasteiger partial charge >= 0.3 is 0 Å². The van der Waals surface area contributed by atoms with Gasteiger partial charge in [0.2, 0.25) is 11.8 Å². The van der Waals surface area contributed by atoms with Gasteiger partial charge in [0.1, 0.15) is 5.75 Å². The number of phenols is 1. The number of allylic oxidation sites excluding steroid dienone is 2. The van der Waals surface area contributed by atoms with Gasteiger partial charge in [-0.1, -0.05) is 83.9 Å². The first-order chi connectivity index (χ1) is 24.1. The molecule has 11 heteroatoms. The number of hydrazine groups is 1. The molecule has 0 bridgehead atoms. The summed E-state index contributed by atoms with van der Waals surface area (Å²) in [5.41, 5.74) is 4.69. The number of nitrogens with one attached hydrogen (secondary N) is 1. The molecule has 0 spiro atoms. The minimum absolute atomic E-state index is 0.0625. The molecule has 250 valence electrons. The van der Waals surface area contributed by atoms with Gasteiger partial charge in [0.25, 0.3) is 17.5 Å². The Morgan fingerprint density at radius 1 is 0.840 bits per heavy atom. The Morgan fingerprint density at radius 3 is 2.28 bits per heavy atom. The number of amides is 4. The highest BCUT2D eigenvalue weighted by atomic mass is 16.6. The van der Waals surface area contributed by atoms with Gasteiger partial charge in [-0.05, 0) is 55.5 Å². The molecule has 6 atom stereocenters. The van der Waals surface area contributed by atoms with E-state index in [1.54, 1.807) is 30.3 Å². The third-order valence-electron chi connectivity index (χ3n) is 10.9. The van der Waals surface area contributed by atoms with Crippen molar-refractivity contribution in [3.05, 3.63) is 142 Å². The smallest absolute Gasteiger partial charge is 0.271 e. The predicted octanol–water partition coefficient (Wildman–Crippen LogP) is 5.80. The summed E-state index contributed by atoms with van der Waals surface area (Å²) in [6, 6.07) is 28.5. The number of carbonyl (C=O) groups is 4. The van der Waals surface area contributed by atoms with Crippen LogP contribution < -0.4 is 10.3 Å². The molecular weight excluding hydrogens is 636 g/mol. The molecule has 0 aromatic heterocycles. The van der Waals surface area contributed by atoms with Gasteiger partial charge in [-0.3, -0.25) is 34.7 Å². The predicted molar refractivity (Wildman–Crippen MR) is 182 cm³/mol. The van der Waals surface area contributed by atoms with Crippen LogP contribution in [-0.2, 0) is 24.6 Å². The number of nitro groups is 1. The van der Waals surface area contributed by atoms with Crippen LogP contribution in [0.5, 0.6) is 5.75 Å². The number of nitrogens with zero attached hydrogens (tertiary/aromatic N) is 3. The van der Waals surface area contributed by atoms with E-state index in [-0.39, 0.29) is 30.0 Å². The van der Waals surface area contributed by atoms with Crippen molar-refractivity contribution in [3.63, 3.8) is 0 Å². The average Bonchev–Trinajstić information content (AvgIpc) is 3.50. The van der Waals surface area contributed by atoms with Crippen LogP contribution in [0.25, 0.3) is 0 Å². The highest BCUT2D eigenvalue weighted by Crippen LogP contribution is 2.65. The number of non-ortho nitro benzene ring substituents is 1. The number of phenolic OH excluding ortho intramolecular Hbond substituents is 1. The molecule has 2 aliphatic heterocycles. The van der Waals surface area contributed by atoms with E-state index in [1.807, 2.05) is 55.5 Å². The van der Waals surface area contributed by atoms with Crippen LogP contribution in [0, 0.1) is 40.7 Å². The highest BCUT2D eigenvalue weighted by Gasteiger charge is 2.70. The molecule has 0 radical (unpaired) electrons. The summed E-state index contributed by atoms with van der Waals surface area (Å²) in [5.74, 6) is -6.14. The van der Waals surface area contributed by atoms with Gasteiger partial charge in [-0.2, -0.15) is 5.01 Å². The molecule has 2 aliphatic carbocycles. The van der Waals surface area contributed by atoms with Gasteiger partial charge in [0.05, 0.1) is 39.5 Å². The Morgan fingerprint density at radius 2 is 1.56 bits per heavy atom. The van der Waals surface area contributed by atoms with Crippen molar-refractivity contribution in [2.24, 2.45) is 23.7 Å². The zero-order chi connectivity index (χ0) is 34.9. The van der Waals surface area contributed by atoms with Crippen LogP contribution in [0.4, 0.5) is 17.1 Å². The second-order valence-electron chi connectivity index (χ2n) is 13.4. The lowest BCUT2D eigenvalue weighted by atomic mass is 9.49. The fraction of sp³-hybridized carbons (Fsp3) is 0.231. The summed E-state index contributed by atoms with van der Waals surface area (Å²) >= 11 is 0. The molecule has 4 aliphatic rings. The first kappa shape index (κ1) is 31.2. The number of carbonyl (C=O) groups excluding carboxylic acids is 4. The SMILES string of the molecule is Cc1ccc(NN2C(=O)C3CC4C(=CCC5C(=O)N(c6cccc([N+](=O)[O-])c6)C(=O)C54)C(c4ccccc4O)C3(c3ccccc3)C2=O)cc1. The molecule has 4 aromatic carbocycles. The highest BCUT2D eigenvalue weighted by molar-refractivity contribution is 6.22. The zero-order valence-electron chi connectivity index (χ0n) is 26.9. The Labute approximate surface area is 286 Å². The molecule has 11 nitrogen and oxygen atoms in total. The van der Waals surface area contributed by atoms with Gasteiger partial charge in [-0.25, -0.2) is 4.90 Å². The van der Waals surface area contributed by atoms with E-state index < -0.39 is 63.6 Å². The Balaban J connectivity index is 1.30. The topological polar surface area (TPSA) is 150 Å². The average molecular weight is 669 g/mol. The number of benzene rings is 4. The second-order valence-corrected chi connectivity index (χ2v) is 13.4. The molecular formula is C39H32N4O7. The summed E-state index contributed by atoms with van der Waals surface area (Å²) in [4.78, 5) is 70.2. The summed E-state index contributed by atoms with van der Waals surface area (Å²) in [5, 5.41) is 24.0. The zero-order valence-corrected chi connectivity index (χ0v) is 26.9. The van der Waals surface area contributed by atoms with E-state index in [2.05, 4.69) is 5.43 Å². The number of aryl methyl sites for hydroxylation is 1. The number of aromatic hydroxyl groups is 1. The number of hydrogen-bond donors (Lipinski definition) is 2. The molecule has 2 saturated heterocycles. The number of fused-ring (bicyclic) bond motifs is 4. The van der Waals surface area contributed by atoms with Crippen LogP contribution >= 0.6 is 0 Å². The summed E-state index contributed by atoms with van der Waals surface area (Å²) in [6.07, 6.45) is 2.17. The summed E-state index contributed by atoms with van der Waals surface area (Å²) < 4.78 is 0. The van der Waals surface area contributed by atoms with E-state index in [4.69, 9.17) is 0 Å². The lowest BCUT2D eigenvalue weighted by Crippen LogP contribution is -2.53. The van der Waals surface area contributed by atoms with Crippen molar-refractivity contribution in [2.45, 2.75) is 31.1 Å². The fourth-order valence-corrected chi connectivity index (χ4v) is 8.82. The van der Waals surface area contributed by atoms with Gasteiger partial charge in [0.15, 0.2) is 0 Å². The van der Waals surface area contributed by atoms with Crippen molar-refractivity contribution < 1.29 is 29.2 Å². The summed E-state index contributed by atoms with van der Waals surface area (Å²) in [7, 11) is 0. The third-order valence-corrected chi connectivity index (χ3v) is 10.9. The molecule has 2 N–H and O–H groups in total. The number of rotatable bonds is 6. The quantitative estimate of drug-likeness (QED) is 0.113. The van der Waals surface area contributed by atoms with Gasteiger partial charge < -0.3 is 5.11 Å². The fourth-order valence-electron chi connectivity index (χ4n) is 8.82. The van der Waals surface area contributed by atoms with Crippen molar-refractivity contribution in [1.82, 2.24) is 5.01 Å². The lowest BCUT2D eigenvalue weighted by Gasteiger charge is -2.50. The number of imide groups is 2. The van der Waals surface area contributed by atoms with E-state index in [1.165, 1.54) is 30.3 Å². The molecule has 6 unspecified atom stereocenters. The van der Waals surface area contributed by atoms with Crippen LogP contribution in [0.15, 0.2) is 115 Å². The van der Waals surface area contributed by atoms with Crippen molar-refractivity contribution in [2.75, 3.05) is 10.3 Å². The number of anilines is 2. The molecule has 1 saturated carbocycles. The van der Waals surface area contributed by atoms with Crippen molar-refractivity contribution in [3.8, 4) is 5.75 Å². The van der Waals surface area contributed by atoms with E-state index >= 15 is 4.79 Å². The largest absolute Gasteiger partial charge is 0.508 e. The maximum Gasteiger partial charge on any atom is 0.271 e. The third kappa shape index (κ3) is 4.42. The Bertz CT molecular complexity index is 2130. The minimum Gasteiger partial charge on any atom is -0.508 e. The molecule has 3 fully saturated rings. The van der Waals surface area contributed by atoms with Crippen LogP contribution in [0.2, 0.25) is 0 Å². The van der Waals surface area contributed by atoms with Crippen LogP contribution in [0.3, 0.4) is 0 Å². The second kappa shape index (κ2) is 11.5.